The third-order valence-corrected chi connectivity index (χ3v) is 19.3. The second-order valence-electron chi connectivity index (χ2n) is 18.4. The fourth-order valence-electron chi connectivity index (χ4n) is 11.3. The van der Waals surface area contributed by atoms with E-state index in [1.165, 1.54) is 86.4 Å². The van der Waals surface area contributed by atoms with Gasteiger partial charge < -0.3 is 9.47 Å². The molecule has 71 heavy (non-hydrogen) atoms. The molecule has 0 aliphatic heterocycles. The van der Waals surface area contributed by atoms with Crippen molar-refractivity contribution < 1.29 is 0 Å². The van der Waals surface area contributed by atoms with Gasteiger partial charge in [0.05, 0.1) is 11.0 Å². The standard InChI is InChI=1S/C68H48N2Si/c1-5-20-54(21-6-1)70-66-33-16-15-31-65(66)68-64(32-18-34-67(68)70)51-39-44-56(45-40-51)69(55-42-37-49(38-43-55)52-41-46-63-53(47-52)36-35-50-19-13-14-30-62(50)63)57-22-17-29-61(48-57)71(58-23-7-2-8-24-58,59-25-9-3-10-26-59)60-27-11-4-12-28-60/h1-48H. The number of hydrogen-bond acceptors (Lipinski definition) is 1. The number of aromatic nitrogens is 1. The first-order valence-corrected chi connectivity index (χ1v) is 26.5. The van der Waals surface area contributed by atoms with Crippen LogP contribution in [-0.2, 0) is 0 Å². The Kier molecular flexibility index (Phi) is 10.6. The van der Waals surface area contributed by atoms with E-state index in [1.54, 1.807) is 0 Å². The Morgan fingerprint density at radius 1 is 0.282 bits per heavy atom. The van der Waals surface area contributed by atoms with Crippen molar-refractivity contribution in [3.05, 3.63) is 291 Å². The molecule has 1 aromatic heterocycles. The van der Waals surface area contributed by atoms with E-state index in [0.29, 0.717) is 0 Å². The lowest BCUT2D eigenvalue weighted by molar-refractivity contribution is 1.18. The molecule has 0 aliphatic rings. The van der Waals surface area contributed by atoms with Gasteiger partial charge in [-0.05, 0) is 131 Å². The molecule has 0 saturated carbocycles. The molecule has 0 spiro atoms. The first kappa shape index (κ1) is 42.1. The number of nitrogens with zero attached hydrogens (tertiary/aromatic N) is 2. The van der Waals surface area contributed by atoms with Gasteiger partial charge in [-0.1, -0.05) is 224 Å². The highest BCUT2D eigenvalue weighted by molar-refractivity contribution is 7.19. The van der Waals surface area contributed by atoms with E-state index in [0.717, 1.165) is 22.7 Å². The highest BCUT2D eigenvalue weighted by Crippen LogP contribution is 2.41. The monoisotopic (exact) mass is 920 g/mol. The molecule has 0 bridgehead atoms. The van der Waals surface area contributed by atoms with Gasteiger partial charge in [-0.3, -0.25) is 0 Å². The van der Waals surface area contributed by atoms with Crippen LogP contribution in [-0.4, -0.2) is 12.6 Å². The summed E-state index contributed by atoms with van der Waals surface area (Å²) in [5.74, 6) is 0. The third-order valence-electron chi connectivity index (χ3n) is 14.5. The minimum absolute atomic E-state index is 1.08. The molecule has 0 amide bonds. The molecule has 0 fully saturated rings. The Balaban J connectivity index is 0.970. The molecular formula is C68H48N2Si. The number of benzene rings is 12. The van der Waals surface area contributed by atoms with Crippen molar-refractivity contribution >= 4 is 89.2 Å². The SMILES string of the molecule is c1ccc(-n2c3ccccc3c3c(-c4ccc(N(c5ccc(-c6ccc7c(ccc8ccccc87)c6)cc5)c5cccc([Si](c6ccccc6)(c6ccccc6)c6ccccc6)c5)cc4)cccc32)cc1. The zero-order chi connectivity index (χ0) is 47.1. The van der Waals surface area contributed by atoms with Gasteiger partial charge in [0.25, 0.3) is 0 Å². The average molecular weight is 921 g/mol. The van der Waals surface area contributed by atoms with E-state index in [-0.39, 0.29) is 0 Å². The number of fused-ring (bicyclic) bond motifs is 6. The van der Waals surface area contributed by atoms with Crippen LogP contribution < -0.4 is 25.6 Å². The average Bonchev–Trinajstić information content (AvgIpc) is 3.80. The first-order chi connectivity index (χ1) is 35.2. The van der Waals surface area contributed by atoms with E-state index < -0.39 is 8.07 Å². The van der Waals surface area contributed by atoms with E-state index in [1.807, 2.05) is 0 Å². The van der Waals surface area contributed by atoms with Crippen molar-refractivity contribution in [2.75, 3.05) is 4.90 Å². The van der Waals surface area contributed by atoms with Crippen molar-refractivity contribution in [3.8, 4) is 27.9 Å². The quantitative estimate of drug-likeness (QED) is 0.0754. The maximum Gasteiger partial charge on any atom is 0.179 e. The molecular weight excluding hydrogens is 873 g/mol. The Hall–Kier alpha value is -9.02. The Morgan fingerprint density at radius 2 is 0.775 bits per heavy atom. The summed E-state index contributed by atoms with van der Waals surface area (Å²) in [7, 11) is -2.83. The molecule has 0 N–H and O–H groups in total. The Morgan fingerprint density at radius 3 is 1.44 bits per heavy atom. The van der Waals surface area contributed by atoms with Crippen LogP contribution in [0, 0.1) is 0 Å². The number of anilines is 3. The van der Waals surface area contributed by atoms with Crippen LogP contribution in [0.5, 0.6) is 0 Å². The van der Waals surface area contributed by atoms with Gasteiger partial charge in [0.2, 0.25) is 0 Å². The van der Waals surface area contributed by atoms with Crippen LogP contribution in [0.2, 0.25) is 0 Å². The Bertz CT molecular complexity index is 3920. The normalized spacial score (nSPS) is 11.7. The van der Waals surface area contributed by atoms with Gasteiger partial charge in [-0.25, -0.2) is 0 Å². The maximum absolute atomic E-state index is 2.83. The van der Waals surface area contributed by atoms with Gasteiger partial charge in [0, 0.05) is 33.5 Å². The molecule has 0 atom stereocenters. The van der Waals surface area contributed by atoms with E-state index in [9.17, 15) is 0 Å². The smallest absolute Gasteiger partial charge is 0.179 e. The van der Waals surface area contributed by atoms with Crippen molar-refractivity contribution in [2.24, 2.45) is 0 Å². The van der Waals surface area contributed by atoms with Gasteiger partial charge in [0.1, 0.15) is 0 Å². The zero-order valence-electron chi connectivity index (χ0n) is 39.1. The molecule has 3 heteroatoms. The summed E-state index contributed by atoms with van der Waals surface area (Å²) >= 11 is 0. The summed E-state index contributed by atoms with van der Waals surface area (Å²) in [5.41, 5.74) is 11.6. The van der Waals surface area contributed by atoms with Gasteiger partial charge in [0.15, 0.2) is 8.07 Å². The van der Waals surface area contributed by atoms with E-state index in [2.05, 4.69) is 301 Å². The third kappa shape index (κ3) is 7.26. The van der Waals surface area contributed by atoms with E-state index in [4.69, 9.17) is 0 Å². The summed E-state index contributed by atoms with van der Waals surface area (Å²) in [6.07, 6.45) is 0. The van der Waals surface area contributed by atoms with Crippen molar-refractivity contribution in [1.29, 1.82) is 0 Å². The van der Waals surface area contributed by atoms with Crippen LogP contribution in [0.25, 0.3) is 71.3 Å². The largest absolute Gasteiger partial charge is 0.311 e. The molecule has 1 heterocycles. The highest BCUT2D eigenvalue weighted by Gasteiger charge is 2.41. The summed E-state index contributed by atoms with van der Waals surface area (Å²) in [6, 6.07) is 108. The second kappa shape index (κ2) is 17.8. The molecule has 12 aromatic carbocycles. The summed E-state index contributed by atoms with van der Waals surface area (Å²) in [5, 5.41) is 12.9. The van der Waals surface area contributed by atoms with Crippen LogP contribution in [0.1, 0.15) is 0 Å². The second-order valence-corrected chi connectivity index (χ2v) is 22.2. The number of hydrogen-bond donors (Lipinski definition) is 0. The molecule has 0 radical (unpaired) electrons. The maximum atomic E-state index is 2.47. The van der Waals surface area contributed by atoms with Crippen molar-refractivity contribution in [3.63, 3.8) is 0 Å². The van der Waals surface area contributed by atoms with E-state index >= 15 is 0 Å². The van der Waals surface area contributed by atoms with Crippen LogP contribution >= 0.6 is 0 Å². The molecule has 13 aromatic rings. The lowest BCUT2D eigenvalue weighted by Gasteiger charge is -2.35. The van der Waals surface area contributed by atoms with Gasteiger partial charge in [-0.15, -0.1) is 0 Å². The zero-order valence-corrected chi connectivity index (χ0v) is 40.1. The van der Waals surface area contributed by atoms with Crippen LogP contribution in [0.4, 0.5) is 17.1 Å². The molecule has 0 unspecified atom stereocenters. The lowest BCUT2D eigenvalue weighted by Crippen LogP contribution is -2.74. The minimum atomic E-state index is -2.83. The molecule has 2 nitrogen and oxygen atoms in total. The van der Waals surface area contributed by atoms with Crippen molar-refractivity contribution in [1.82, 2.24) is 4.57 Å². The molecule has 334 valence electrons. The first-order valence-electron chi connectivity index (χ1n) is 24.5. The number of para-hydroxylation sites is 2. The topological polar surface area (TPSA) is 8.17 Å². The summed E-state index contributed by atoms with van der Waals surface area (Å²) in [4.78, 5) is 2.44. The number of rotatable bonds is 10. The predicted octanol–water partition coefficient (Wildman–Crippen LogP) is 15.3. The Labute approximate surface area is 415 Å². The predicted molar refractivity (Wildman–Crippen MR) is 305 cm³/mol. The summed E-state index contributed by atoms with van der Waals surface area (Å²) < 4.78 is 2.39. The fraction of sp³-hybridized carbons (Fsp3) is 0. The molecule has 13 rings (SSSR count). The summed E-state index contributed by atoms with van der Waals surface area (Å²) in [6.45, 7) is 0. The highest BCUT2D eigenvalue weighted by atomic mass is 28.3. The lowest BCUT2D eigenvalue weighted by atomic mass is 9.97. The fourth-order valence-corrected chi connectivity index (χ4v) is 16.1. The minimum Gasteiger partial charge on any atom is -0.311 e. The van der Waals surface area contributed by atoms with Crippen LogP contribution in [0.3, 0.4) is 0 Å². The van der Waals surface area contributed by atoms with Crippen LogP contribution in [0.15, 0.2) is 291 Å². The van der Waals surface area contributed by atoms with Crippen molar-refractivity contribution in [2.45, 2.75) is 0 Å². The van der Waals surface area contributed by atoms with Gasteiger partial charge >= 0.3 is 0 Å². The molecule has 0 saturated heterocycles. The molecule has 0 aliphatic carbocycles. The van der Waals surface area contributed by atoms with Gasteiger partial charge in [-0.2, -0.15) is 0 Å².